The Morgan fingerprint density at radius 1 is 0.833 bits per heavy atom. The second-order valence-electron chi connectivity index (χ2n) is 9.24. The van der Waals surface area contributed by atoms with E-state index in [1.807, 2.05) is 13.0 Å². The predicted octanol–water partition coefficient (Wildman–Crippen LogP) is 6.91. The van der Waals surface area contributed by atoms with E-state index in [1.165, 1.54) is 7.11 Å². The summed E-state index contributed by atoms with van der Waals surface area (Å²) < 4.78 is 10.7. The van der Waals surface area contributed by atoms with Gasteiger partial charge < -0.3 is 20.1 Å². The molecular weight excluding hydrogens is 574 g/mol. The number of hydrogen-bond donors (Lipinski definition) is 2. The van der Waals surface area contributed by atoms with Crippen LogP contribution < -0.4 is 25.0 Å². The van der Waals surface area contributed by atoms with Crippen molar-refractivity contribution in [1.29, 1.82) is 0 Å². The number of amides is 3. The maximum Gasteiger partial charge on any atom is 0.283 e. The van der Waals surface area contributed by atoms with Crippen molar-refractivity contribution in [1.82, 2.24) is 0 Å². The second kappa shape index (κ2) is 12.4. The third kappa shape index (κ3) is 5.97. The number of imide groups is 1. The maximum atomic E-state index is 13.9. The molecule has 10 heteroatoms. The summed E-state index contributed by atoms with van der Waals surface area (Å²) in [6.45, 7) is 1.87. The van der Waals surface area contributed by atoms with Gasteiger partial charge in [0.25, 0.3) is 17.7 Å². The van der Waals surface area contributed by atoms with E-state index in [0.717, 1.165) is 22.2 Å². The number of thioether (sulfide) groups is 1. The lowest BCUT2D eigenvalue weighted by Gasteiger charge is -2.19. The summed E-state index contributed by atoms with van der Waals surface area (Å²) in [6, 6.07) is 26.1. The summed E-state index contributed by atoms with van der Waals surface area (Å²) in [4.78, 5) is 42.5. The highest BCUT2D eigenvalue weighted by Crippen LogP contribution is 2.41. The third-order valence-electron chi connectivity index (χ3n) is 6.41. The van der Waals surface area contributed by atoms with Gasteiger partial charge in [-0.3, -0.25) is 14.4 Å². The molecule has 0 radical (unpaired) electrons. The normalized spacial score (nSPS) is 12.9. The first-order valence-electron chi connectivity index (χ1n) is 12.8. The van der Waals surface area contributed by atoms with Gasteiger partial charge in [0.05, 0.1) is 30.5 Å². The molecule has 3 amide bonds. The minimum atomic E-state index is -0.523. The molecule has 4 aromatic carbocycles. The fourth-order valence-electron chi connectivity index (χ4n) is 4.33. The molecule has 1 aliphatic heterocycles. The molecule has 0 atom stereocenters. The lowest BCUT2D eigenvalue weighted by atomic mass is 10.2. The quantitative estimate of drug-likeness (QED) is 0.202. The van der Waals surface area contributed by atoms with Crippen molar-refractivity contribution in [2.75, 3.05) is 29.8 Å². The molecule has 0 saturated heterocycles. The van der Waals surface area contributed by atoms with Crippen molar-refractivity contribution in [3.8, 4) is 11.5 Å². The van der Waals surface area contributed by atoms with E-state index in [9.17, 15) is 14.4 Å². The smallest absolute Gasteiger partial charge is 0.283 e. The molecule has 0 aromatic heterocycles. The van der Waals surface area contributed by atoms with Gasteiger partial charge in [-0.25, -0.2) is 4.90 Å². The summed E-state index contributed by atoms with van der Waals surface area (Å²) in [7, 11) is 3.05. The van der Waals surface area contributed by atoms with Gasteiger partial charge in [0.2, 0.25) is 0 Å². The second-order valence-corrected chi connectivity index (χ2v) is 10.7. The highest BCUT2D eigenvalue weighted by atomic mass is 35.5. The molecule has 0 bridgehead atoms. The highest BCUT2D eigenvalue weighted by Gasteiger charge is 2.41. The van der Waals surface area contributed by atoms with Crippen LogP contribution in [0.2, 0.25) is 5.02 Å². The lowest BCUT2D eigenvalue weighted by molar-refractivity contribution is -0.120. The van der Waals surface area contributed by atoms with Gasteiger partial charge in [-0.1, -0.05) is 47.6 Å². The average Bonchev–Trinajstić information content (AvgIpc) is 3.21. The minimum absolute atomic E-state index is 0.115. The highest BCUT2D eigenvalue weighted by molar-refractivity contribution is 8.04. The van der Waals surface area contributed by atoms with Crippen LogP contribution in [0, 0.1) is 6.92 Å². The number of ether oxygens (including phenoxy) is 2. The minimum Gasteiger partial charge on any atom is -0.497 e. The van der Waals surface area contributed by atoms with E-state index < -0.39 is 11.8 Å². The number of halogens is 1. The van der Waals surface area contributed by atoms with E-state index in [-0.39, 0.29) is 16.5 Å². The van der Waals surface area contributed by atoms with Crippen molar-refractivity contribution >= 4 is 58.1 Å². The summed E-state index contributed by atoms with van der Waals surface area (Å²) in [5.41, 5.74) is 2.76. The molecule has 0 aliphatic carbocycles. The first-order valence-corrected chi connectivity index (χ1v) is 14.0. The van der Waals surface area contributed by atoms with Crippen LogP contribution in [0.1, 0.15) is 15.9 Å². The first-order chi connectivity index (χ1) is 20.3. The number of nitrogens with one attached hydrogen (secondary N) is 2. The molecule has 1 aliphatic rings. The van der Waals surface area contributed by atoms with Crippen LogP contribution in [-0.4, -0.2) is 31.9 Å². The van der Waals surface area contributed by atoms with E-state index in [4.69, 9.17) is 21.1 Å². The Morgan fingerprint density at radius 2 is 1.60 bits per heavy atom. The maximum absolute atomic E-state index is 13.9. The van der Waals surface area contributed by atoms with Gasteiger partial charge in [0.1, 0.15) is 22.1 Å². The number of carbonyl (C=O) groups is 3. The average molecular weight is 600 g/mol. The SMILES string of the molecule is COc1ccc(NC2=C(Sc3cccc(NC(=O)c4ccccc4Cl)c3)C(=O)N(c3cc(C)ccc3OC)C2=O)cc1. The fourth-order valence-corrected chi connectivity index (χ4v) is 5.53. The molecule has 8 nitrogen and oxygen atoms in total. The van der Waals surface area contributed by atoms with Crippen molar-refractivity contribution in [3.63, 3.8) is 0 Å². The third-order valence-corrected chi connectivity index (χ3v) is 7.81. The molecule has 0 unspecified atom stereocenters. The van der Waals surface area contributed by atoms with E-state index >= 15 is 0 Å². The molecule has 2 N–H and O–H groups in total. The molecule has 42 heavy (non-hydrogen) atoms. The molecule has 4 aromatic rings. The summed E-state index contributed by atoms with van der Waals surface area (Å²) >= 11 is 7.30. The van der Waals surface area contributed by atoms with Crippen LogP contribution >= 0.6 is 23.4 Å². The molecule has 0 spiro atoms. The number of anilines is 3. The van der Waals surface area contributed by atoms with E-state index in [2.05, 4.69) is 10.6 Å². The zero-order valence-corrected chi connectivity index (χ0v) is 24.5. The van der Waals surface area contributed by atoms with E-state index in [1.54, 1.807) is 92.0 Å². The van der Waals surface area contributed by atoms with Crippen molar-refractivity contribution in [3.05, 3.63) is 118 Å². The van der Waals surface area contributed by atoms with Gasteiger partial charge in [-0.15, -0.1) is 0 Å². The number of methoxy groups -OCH3 is 2. The Labute approximate surface area is 252 Å². The zero-order chi connectivity index (χ0) is 29.8. The molecular formula is C32H26ClN3O5S. The van der Waals surface area contributed by atoms with Crippen LogP contribution in [0.4, 0.5) is 17.1 Å². The van der Waals surface area contributed by atoms with Crippen LogP contribution in [0.5, 0.6) is 11.5 Å². The number of rotatable bonds is 9. The monoisotopic (exact) mass is 599 g/mol. The van der Waals surface area contributed by atoms with Gasteiger partial charge in [0.15, 0.2) is 0 Å². The Morgan fingerprint density at radius 3 is 2.31 bits per heavy atom. The Kier molecular flexibility index (Phi) is 8.51. The Bertz CT molecular complexity index is 1720. The lowest BCUT2D eigenvalue weighted by Crippen LogP contribution is -2.32. The van der Waals surface area contributed by atoms with E-state index in [0.29, 0.717) is 44.0 Å². The first kappa shape index (κ1) is 28.8. The topological polar surface area (TPSA) is 97.0 Å². The summed E-state index contributed by atoms with van der Waals surface area (Å²) in [5.74, 6) is -0.351. The van der Waals surface area contributed by atoms with Crippen molar-refractivity contribution in [2.24, 2.45) is 0 Å². The van der Waals surface area contributed by atoms with Crippen LogP contribution in [0.15, 0.2) is 106 Å². The Balaban J connectivity index is 1.49. The summed E-state index contributed by atoms with van der Waals surface area (Å²) in [5, 5.41) is 6.31. The van der Waals surface area contributed by atoms with Crippen LogP contribution in [-0.2, 0) is 9.59 Å². The molecule has 1 heterocycles. The largest absolute Gasteiger partial charge is 0.497 e. The van der Waals surface area contributed by atoms with Gasteiger partial charge >= 0.3 is 0 Å². The number of nitrogens with zero attached hydrogens (tertiary/aromatic N) is 1. The molecule has 212 valence electrons. The summed E-state index contributed by atoms with van der Waals surface area (Å²) in [6.07, 6.45) is 0. The molecule has 0 fully saturated rings. The predicted molar refractivity (Wildman–Crippen MR) is 166 cm³/mol. The standard InChI is InChI=1S/C32H26ClN3O5S/c1-19-11-16-27(41-3)26(17-19)36-31(38)28(34-20-12-14-22(40-2)15-13-20)29(32(36)39)42-23-8-6-7-21(18-23)35-30(37)24-9-4-5-10-25(24)33/h4-18,34H,1-3H3,(H,35,37). The van der Waals surface area contributed by atoms with Gasteiger partial charge in [-0.05, 0) is 79.2 Å². The number of carbonyl (C=O) groups excluding carboxylic acids is 3. The number of aryl methyl sites for hydroxylation is 1. The molecule has 5 rings (SSSR count). The zero-order valence-electron chi connectivity index (χ0n) is 22.9. The van der Waals surface area contributed by atoms with Crippen LogP contribution in [0.3, 0.4) is 0 Å². The van der Waals surface area contributed by atoms with Crippen molar-refractivity contribution in [2.45, 2.75) is 11.8 Å². The number of hydrogen-bond acceptors (Lipinski definition) is 7. The van der Waals surface area contributed by atoms with Crippen molar-refractivity contribution < 1.29 is 23.9 Å². The van der Waals surface area contributed by atoms with Gasteiger partial charge in [0, 0.05) is 16.3 Å². The van der Waals surface area contributed by atoms with Crippen LogP contribution in [0.25, 0.3) is 0 Å². The number of benzene rings is 4. The fraction of sp³-hybridized carbons (Fsp3) is 0.0938. The van der Waals surface area contributed by atoms with Gasteiger partial charge in [-0.2, -0.15) is 0 Å². The molecule has 0 saturated carbocycles. The Hall–Kier alpha value is -4.73.